The molecule has 0 bridgehead atoms. The molecule has 0 saturated carbocycles. The van der Waals surface area contributed by atoms with Crippen molar-refractivity contribution < 1.29 is 13.2 Å². The Balaban J connectivity index is 1.50. The molecule has 2 saturated heterocycles. The van der Waals surface area contributed by atoms with Gasteiger partial charge in [0, 0.05) is 44.3 Å². The molecule has 1 atom stereocenters. The first-order valence-electron chi connectivity index (χ1n) is 9.79. The molecule has 8 heteroatoms. The van der Waals surface area contributed by atoms with Crippen LogP contribution in [0.3, 0.4) is 0 Å². The Hall–Kier alpha value is -1.48. The highest BCUT2D eigenvalue weighted by Crippen LogP contribution is 2.22. The molecule has 1 aromatic carbocycles. The number of piperidine rings is 1. The third-order valence-electron chi connectivity index (χ3n) is 5.41. The van der Waals surface area contributed by atoms with E-state index in [1.807, 2.05) is 7.05 Å². The van der Waals surface area contributed by atoms with Crippen LogP contribution in [0, 0.1) is 0 Å². The maximum Gasteiger partial charge on any atom is 0.243 e. The topological polar surface area (TPSA) is 81.8 Å². The van der Waals surface area contributed by atoms with E-state index in [9.17, 15) is 13.2 Å². The summed E-state index contributed by atoms with van der Waals surface area (Å²) in [5, 5.41) is 6.17. The van der Waals surface area contributed by atoms with Crippen LogP contribution in [-0.4, -0.2) is 69.3 Å². The molecule has 2 heterocycles. The summed E-state index contributed by atoms with van der Waals surface area (Å²) in [5.74, 6) is -0.0447. The van der Waals surface area contributed by atoms with Crippen LogP contribution in [0.2, 0.25) is 0 Å². The number of amides is 1. The first kappa shape index (κ1) is 20.3. The van der Waals surface area contributed by atoms with E-state index in [1.54, 1.807) is 24.3 Å². The van der Waals surface area contributed by atoms with Gasteiger partial charge in [0.1, 0.15) is 0 Å². The molecule has 0 radical (unpaired) electrons. The van der Waals surface area contributed by atoms with E-state index >= 15 is 0 Å². The van der Waals surface area contributed by atoms with Crippen LogP contribution >= 0.6 is 0 Å². The van der Waals surface area contributed by atoms with Gasteiger partial charge < -0.3 is 15.5 Å². The summed E-state index contributed by atoms with van der Waals surface area (Å²) in [4.78, 5) is 14.8. The third kappa shape index (κ3) is 5.28. The maximum absolute atomic E-state index is 12.5. The number of anilines is 1. The number of nitrogens with zero attached hydrogens (tertiary/aromatic N) is 2. The molecule has 150 valence electrons. The van der Waals surface area contributed by atoms with Gasteiger partial charge >= 0.3 is 0 Å². The van der Waals surface area contributed by atoms with Gasteiger partial charge in [-0.3, -0.25) is 4.79 Å². The Morgan fingerprint density at radius 1 is 1.11 bits per heavy atom. The average Bonchev–Trinajstić information content (AvgIpc) is 3.23. The van der Waals surface area contributed by atoms with Gasteiger partial charge in [-0.25, -0.2) is 8.42 Å². The van der Waals surface area contributed by atoms with Crippen LogP contribution in [0.5, 0.6) is 0 Å². The Morgan fingerprint density at radius 3 is 2.48 bits per heavy atom. The van der Waals surface area contributed by atoms with E-state index in [-0.39, 0.29) is 10.8 Å². The fraction of sp³-hybridized carbons (Fsp3) is 0.632. The van der Waals surface area contributed by atoms with Gasteiger partial charge in [0.15, 0.2) is 0 Å². The van der Waals surface area contributed by atoms with E-state index in [4.69, 9.17) is 0 Å². The highest BCUT2D eigenvalue weighted by Gasteiger charge is 2.27. The van der Waals surface area contributed by atoms with Gasteiger partial charge in [0.2, 0.25) is 15.9 Å². The molecule has 2 N–H and O–H groups in total. The van der Waals surface area contributed by atoms with E-state index < -0.39 is 10.0 Å². The van der Waals surface area contributed by atoms with Crippen LogP contribution < -0.4 is 10.6 Å². The number of hydrogen-bond acceptors (Lipinski definition) is 5. The van der Waals surface area contributed by atoms with Crippen molar-refractivity contribution in [3.8, 4) is 0 Å². The van der Waals surface area contributed by atoms with Gasteiger partial charge in [-0.15, -0.1) is 0 Å². The second kappa shape index (κ2) is 9.14. The van der Waals surface area contributed by atoms with E-state index in [2.05, 4.69) is 15.5 Å². The van der Waals surface area contributed by atoms with Gasteiger partial charge in [-0.2, -0.15) is 4.31 Å². The van der Waals surface area contributed by atoms with Crippen molar-refractivity contribution in [2.75, 3.05) is 45.1 Å². The summed E-state index contributed by atoms with van der Waals surface area (Å²) in [6.07, 6.45) is 4.61. The Bertz CT molecular complexity index is 730. The van der Waals surface area contributed by atoms with Crippen LogP contribution in [0.25, 0.3) is 0 Å². The molecule has 1 unspecified atom stereocenters. The number of sulfonamides is 1. The van der Waals surface area contributed by atoms with Crippen molar-refractivity contribution >= 4 is 21.6 Å². The Labute approximate surface area is 162 Å². The summed E-state index contributed by atoms with van der Waals surface area (Å²) in [6.45, 7) is 3.93. The number of carbonyl (C=O) groups is 1. The Morgan fingerprint density at radius 2 is 1.81 bits per heavy atom. The summed E-state index contributed by atoms with van der Waals surface area (Å²) >= 11 is 0. The summed E-state index contributed by atoms with van der Waals surface area (Å²) in [7, 11) is -1.43. The molecule has 3 rings (SSSR count). The molecule has 7 nitrogen and oxygen atoms in total. The van der Waals surface area contributed by atoms with Gasteiger partial charge in [0.25, 0.3) is 0 Å². The van der Waals surface area contributed by atoms with E-state index in [1.165, 1.54) is 10.7 Å². The highest BCUT2D eigenvalue weighted by molar-refractivity contribution is 7.89. The second-order valence-corrected chi connectivity index (χ2v) is 9.30. The van der Waals surface area contributed by atoms with E-state index in [0.29, 0.717) is 31.2 Å². The molecular weight excluding hydrogens is 364 g/mol. The summed E-state index contributed by atoms with van der Waals surface area (Å²) < 4.78 is 26.6. The number of benzene rings is 1. The summed E-state index contributed by atoms with van der Waals surface area (Å²) in [5.41, 5.74) is 0.632. The molecular formula is C19H30N4O3S. The average molecular weight is 395 g/mol. The maximum atomic E-state index is 12.5. The third-order valence-corrected chi connectivity index (χ3v) is 7.32. The van der Waals surface area contributed by atoms with Gasteiger partial charge in [0.05, 0.1) is 4.90 Å². The number of rotatable bonds is 7. The lowest BCUT2D eigenvalue weighted by Crippen LogP contribution is -2.45. The van der Waals surface area contributed by atoms with Gasteiger partial charge in [-0.05, 0) is 63.5 Å². The fourth-order valence-electron chi connectivity index (χ4n) is 3.77. The standard InChI is InChI=1S/C19H30N4O3S/c1-20-17-5-4-11-22(15-17)14-10-19(24)21-16-6-8-18(9-7-16)27(25,26)23-12-2-3-13-23/h6-9,17,20H,2-5,10-15H2,1H3,(H,21,24). The predicted octanol–water partition coefficient (Wildman–Crippen LogP) is 1.48. The zero-order chi connectivity index (χ0) is 19.3. The SMILES string of the molecule is CNC1CCCN(CCC(=O)Nc2ccc(S(=O)(=O)N3CCCC3)cc2)C1. The summed E-state index contributed by atoms with van der Waals surface area (Å²) in [6, 6.07) is 6.99. The van der Waals surface area contributed by atoms with Crippen molar-refractivity contribution in [1.82, 2.24) is 14.5 Å². The fourth-order valence-corrected chi connectivity index (χ4v) is 5.28. The number of nitrogens with one attached hydrogen (secondary N) is 2. The largest absolute Gasteiger partial charge is 0.326 e. The number of likely N-dealkylation sites (tertiary alicyclic amines) is 1. The van der Waals surface area contributed by atoms with Crippen LogP contribution in [0.15, 0.2) is 29.2 Å². The second-order valence-electron chi connectivity index (χ2n) is 7.36. The molecule has 0 aromatic heterocycles. The number of hydrogen-bond donors (Lipinski definition) is 2. The minimum Gasteiger partial charge on any atom is -0.326 e. The van der Waals surface area contributed by atoms with Crippen molar-refractivity contribution in [3.63, 3.8) is 0 Å². The van der Waals surface area contributed by atoms with Gasteiger partial charge in [-0.1, -0.05) is 0 Å². The van der Waals surface area contributed by atoms with E-state index in [0.717, 1.165) is 38.9 Å². The zero-order valence-electron chi connectivity index (χ0n) is 16.0. The van der Waals surface area contributed by atoms with Crippen molar-refractivity contribution in [1.29, 1.82) is 0 Å². The number of likely N-dealkylation sites (N-methyl/N-ethyl adjacent to an activating group) is 1. The lowest BCUT2D eigenvalue weighted by molar-refractivity contribution is -0.116. The monoisotopic (exact) mass is 394 g/mol. The smallest absolute Gasteiger partial charge is 0.243 e. The van der Waals surface area contributed by atoms with Crippen LogP contribution in [-0.2, 0) is 14.8 Å². The first-order chi connectivity index (χ1) is 13.0. The first-order valence-corrected chi connectivity index (χ1v) is 11.2. The van der Waals surface area contributed by atoms with Crippen molar-refractivity contribution in [3.05, 3.63) is 24.3 Å². The molecule has 2 aliphatic heterocycles. The molecule has 2 fully saturated rings. The number of carbonyl (C=O) groups excluding carboxylic acids is 1. The quantitative estimate of drug-likeness (QED) is 0.732. The molecule has 0 aliphatic carbocycles. The van der Waals surface area contributed by atoms with Crippen LogP contribution in [0.1, 0.15) is 32.1 Å². The lowest BCUT2D eigenvalue weighted by Gasteiger charge is -2.32. The Kier molecular flexibility index (Phi) is 6.86. The molecule has 0 spiro atoms. The minimum absolute atomic E-state index is 0.0447. The molecule has 1 aromatic rings. The predicted molar refractivity (Wildman–Crippen MR) is 106 cm³/mol. The minimum atomic E-state index is -3.41. The normalized spacial score (nSPS) is 22.0. The molecule has 1 amide bonds. The van der Waals surface area contributed by atoms with Crippen LogP contribution in [0.4, 0.5) is 5.69 Å². The molecule has 2 aliphatic rings. The van der Waals surface area contributed by atoms with Crippen molar-refractivity contribution in [2.45, 2.75) is 43.0 Å². The van der Waals surface area contributed by atoms with Crippen molar-refractivity contribution in [2.24, 2.45) is 0 Å². The zero-order valence-corrected chi connectivity index (χ0v) is 16.8. The highest BCUT2D eigenvalue weighted by atomic mass is 32.2. The lowest BCUT2D eigenvalue weighted by atomic mass is 10.1. The molecule has 27 heavy (non-hydrogen) atoms.